The lowest BCUT2D eigenvalue weighted by molar-refractivity contribution is 0.0952. The second kappa shape index (κ2) is 12.2. The second-order valence-electron chi connectivity index (χ2n) is 9.08. The van der Waals surface area contributed by atoms with Crippen molar-refractivity contribution in [1.29, 1.82) is 0 Å². The van der Waals surface area contributed by atoms with Gasteiger partial charge in [-0.3, -0.25) is 4.79 Å². The zero-order chi connectivity index (χ0) is 25.3. The molecule has 4 aromatic rings. The van der Waals surface area contributed by atoms with Gasteiger partial charge in [-0.2, -0.15) is 0 Å². The van der Waals surface area contributed by atoms with Crippen LogP contribution in [0.4, 0.5) is 0 Å². The van der Waals surface area contributed by atoms with Crippen molar-refractivity contribution in [2.45, 2.75) is 46.1 Å². The maximum absolute atomic E-state index is 12.5. The van der Waals surface area contributed by atoms with Gasteiger partial charge in [0.15, 0.2) is 0 Å². The molecule has 0 radical (unpaired) electrons. The van der Waals surface area contributed by atoms with E-state index in [4.69, 9.17) is 14.5 Å². The number of hydrogen-bond donors (Lipinski definition) is 1. The van der Waals surface area contributed by atoms with Crippen LogP contribution in [0.15, 0.2) is 66.7 Å². The summed E-state index contributed by atoms with van der Waals surface area (Å²) in [5.41, 5.74) is 5.08. The molecule has 6 nitrogen and oxygen atoms in total. The molecule has 0 saturated heterocycles. The van der Waals surface area contributed by atoms with Crippen LogP contribution in [-0.4, -0.2) is 35.7 Å². The number of hydrogen-bond acceptors (Lipinski definition) is 4. The van der Waals surface area contributed by atoms with E-state index in [1.54, 1.807) is 7.11 Å². The summed E-state index contributed by atoms with van der Waals surface area (Å²) < 4.78 is 13.4. The molecule has 3 aromatic carbocycles. The summed E-state index contributed by atoms with van der Waals surface area (Å²) in [6.07, 6.45) is 3.88. The standard InChI is InChI=1S/C30H35N3O3/c1-22-12-17-26(23(2)21-22)30(34)31-18-8-4-5-11-29-32-27-9-6-7-10-28(27)33(29)19-20-36-25-15-13-24(35-3)14-16-25/h6-7,9-10,12-17,21H,4-5,8,11,18-20H2,1-3H3,(H,31,34). The number of para-hydroxylation sites is 2. The van der Waals surface area contributed by atoms with Crippen LogP contribution >= 0.6 is 0 Å². The first-order valence-electron chi connectivity index (χ1n) is 12.6. The van der Waals surface area contributed by atoms with E-state index < -0.39 is 0 Å². The third-order valence-corrected chi connectivity index (χ3v) is 6.37. The van der Waals surface area contributed by atoms with Crippen molar-refractivity contribution in [3.63, 3.8) is 0 Å². The van der Waals surface area contributed by atoms with Crippen molar-refractivity contribution in [1.82, 2.24) is 14.9 Å². The van der Waals surface area contributed by atoms with E-state index in [9.17, 15) is 4.79 Å². The maximum Gasteiger partial charge on any atom is 0.251 e. The molecule has 36 heavy (non-hydrogen) atoms. The Labute approximate surface area is 213 Å². The minimum Gasteiger partial charge on any atom is -0.497 e. The molecule has 0 atom stereocenters. The lowest BCUT2D eigenvalue weighted by atomic mass is 10.1. The summed E-state index contributed by atoms with van der Waals surface area (Å²) in [7, 11) is 1.66. The van der Waals surface area contributed by atoms with Gasteiger partial charge < -0.3 is 19.4 Å². The number of nitrogens with zero attached hydrogens (tertiary/aromatic N) is 2. The van der Waals surface area contributed by atoms with Crippen molar-refractivity contribution in [3.05, 3.63) is 89.2 Å². The number of ether oxygens (including phenoxy) is 2. The third-order valence-electron chi connectivity index (χ3n) is 6.37. The molecular formula is C30H35N3O3. The minimum atomic E-state index is 0.00570. The monoisotopic (exact) mass is 485 g/mol. The van der Waals surface area contributed by atoms with Crippen molar-refractivity contribution in [2.75, 3.05) is 20.3 Å². The fourth-order valence-corrected chi connectivity index (χ4v) is 4.44. The van der Waals surface area contributed by atoms with E-state index in [1.807, 2.05) is 68.4 Å². The van der Waals surface area contributed by atoms with Crippen molar-refractivity contribution in [2.24, 2.45) is 0 Å². The summed E-state index contributed by atoms with van der Waals surface area (Å²) >= 11 is 0. The number of imidazole rings is 1. The van der Waals surface area contributed by atoms with Gasteiger partial charge in [0.25, 0.3) is 5.91 Å². The molecule has 188 valence electrons. The SMILES string of the molecule is COc1ccc(OCCn2c(CCCCCNC(=O)c3ccc(C)cc3C)nc3ccccc32)cc1. The Morgan fingerprint density at radius 3 is 2.50 bits per heavy atom. The van der Waals surface area contributed by atoms with Gasteiger partial charge in [-0.05, 0) is 74.7 Å². The Kier molecular flexibility index (Phi) is 8.61. The number of carbonyl (C=O) groups excluding carboxylic acids is 1. The molecule has 1 N–H and O–H groups in total. The van der Waals surface area contributed by atoms with Gasteiger partial charge in [-0.25, -0.2) is 4.98 Å². The van der Waals surface area contributed by atoms with Crippen LogP contribution in [0.25, 0.3) is 11.0 Å². The Morgan fingerprint density at radius 2 is 1.72 bits per heavy atom. The van der Waals surface area contributed by atoms with E-state index >= 15 is 0 Å². The number of unbranched alkanes of at least 4 members (excludes halogenated alkanes) is 2. The molecule has 6 heteroatoms. The first-order valence-corrected chi connectivity index (χ1v) is 12.6. The average Bonchev–Trinajstić information content (AvgIpc) is 3.23. The highest BCUT2D eigenvalue weighted by molar-refractivity contribution is 5.95. The Morgan fingerprint density at radius 1 is 0.944 bits per heavy atom. The average molecular weight is 486 g/mol. The number of aryl methyl sites for hydroxylation is 3. The van der Waals surface area contributed by atoms with Crippen LogP contribution in [0.1, 0.15) is 46.6 Å². The highest BCUT2D eigenvalue weighted by Crippen LogP contribution is 2.20. The maximum atomic E-state index is 12.5. The Balaban J connectivity index is 1.26. The van der Waals surface area contributed by atoms with Gasteiger partial charge in [-0.1, -0.05) is 36.2 Å². The second-order valence-corrected chi connectivity index (χ2v) is 9.08. The van der Waals surface area contributed by atoms with E-state index in [1.165, 1.54) is 5.56 Å². The molecule has 4 rings (SSSR count). The summed E-state index contributed by atoms with van der Waals surface area (Å²) in [4.78, 5) is 17.4. The van der Waals surface area contributed by atoms with Crippen molar-refractivity contribution < 1.29 is 14.3 Å². The van der Waals surface area contributed by atoms with E-state index in [-0.39, 0.29) is 5.91 Å². The zero-order valence-corrected chi connectivity index (χ0v) is 21.4. The molecule has 1 amide bonds. The molecule has 1 heterocycles. The van der Waals surface area contributed by atoms with E-state index in [2.05, 4.69) is 22.0 Å². The fraction of sp³-hybridized carbons (Fsp3) is 0.333. The van der Waals surface area contributed by atoms with Gasteiger partial charge in [0.2, 0.25) is 0 Å². The highest BCUT2D eigenvalue weighted by atomic mass is 16.5. The summed E-state index contributed by atoms with van der Waals surface area (Å²) in [5, 5.41) is 3.06. The molecular weight excluding hydrogens is 450 g/mol. The number of carbonyl (C=O) groups is 1. The quantitative estimate of drug-likeness (QED) is 0.254. The lowest BCUT2D eigenvalue weighted by Crippen LogP contribution is -2.25. The van der Waals surface area contributed by atoms with Crippen LogP contribution in [0.3, 0.4) is 0 Å². The first kappa shape index (κ1) is 25.3. The van der Waals surface area contributed by atoms with Crippen LogP contribution in [0.5, 0.6) is 11.5 Å². The summed E-state index contributed by atoms with van der Waals surface area (Å²) in [5.74, 6) is 2.72. The molecule has 0 aliphatic heterocycles. The number of nitrogens with one attached hydrogen (secondary N) is 1. The van der Waals surface area contributed by atoms with Crippen molar-refractivity contribution >= 4 is 16.9 Å². The normalized spacial score (nSPS) is 11.0. The predicted molar refractivity (Wildman–Crippen MR) is 144 cm³/mol. The summed E-state index contributed by atoms with van der Waals surface area (Å²) in [6, 6.07) is 21.8. The van der Waals surface area contributed by atoms with Crippen LogP contribution < -0.4 is 14.8 Å². The molecule has 1 aromatic heterocycles. The van der Waals surface area contributed by atoms with Gasteiger partial charge >= 0.3 is 0 Å². The first-order chi connectivity index (χ1) is 17.5. The topological polar surface area (TPSA) is 65.4 Å². The fourth-order valence-electron chi connectivity index (χ4n) is 4.44. The van der Waals surface area contributed by atoms with Crippen LogP contribution in [0.2, 0.25) is 0 Å². The van der Waals surface area contributed by atoms with E-state index in [0.717, 1.165) is 71.7 Å². The van der Waals surface area contributed by atoms with E-state index in [0.29, 0.717) is 13.2 Å². The lowest BCUT2D eigenvalue weighted by Gasteiger charge is -2.11. The number of fused-ring (bicyclic) bond motifs is 1. The van der Waals surface area contributed by atoms with Crippen LogP contribution in [0, 0.1) is 13.8 Å². The number of amides is 1. The minimum absolute atomic E-state index is 0.00570. The number of benzene rings is 3. The molecule has 0 aliphatic rings. The van der Waals surface area contributed by atoms with Crippen molar-refractivity contribution in [3.8, 4) is 11.5 Å². The third kappa shape index (κ3) is 6.45. The van der Waals surface area contributed by atoms with Gasteiger partial charge in [0, 0.05) is 18.5 Å². The van der Waals surface area contributed by atoms with Crippen LogP contribution in [-0.2, 0) is 13.0 Å². The van der Waals surface area contributed by atoms with Gasteiger partial charge in [-0.15, -0.1) is 0 Å². The summed E-state index contributed by atoms with van der Waals surface area (Å²) in [6.45, 7) is 5.99. The molecule has 0 unspecified atom stereocenters. The zero-order valence-electron chi connectivity index (χ0n) is 21.4. The number of rotatable bonds is 12. The van der Waals surface area contributed by atoms with Gasteiger partial charge in [0.05, 0.1) is 24.7 Å². The molecule has 0 fully saturated rings. The highest BCUT2D eigenvalue weighted by Gasteiger charge is 2.11. The molecule has 0 saturated carbocycles. The van der Waals surface area contributed by atoms with Gasteiger partial charge in [0.1, 0.15) is 23.9 Å². The number of methoxy groups -OCH3 is 1. The molecule has 0 bridgehead atoms. The Bertz CT molecular complexity index is 1290. The number of aromatic nitrogens is 2. The molecule has 0 aliphatic carbocycles. The predicted octanol–water partition coefficient (Wildman–Crippen LogP) is 5.88. The smallest absolute Gasteiger partial charge is 0.251 e. The largest absolute Gasteiger partial charge is 0.497 e. The molecule has 0 spiro atoms. The Hall–Kier alpha value is -3.80.